The molecule has 116 valence electrons. The zero-order valence-corrected chi connectivity index (χ0v) is 14.4. The number of ether oxygens (including phenoxy) is 1. The Balaban J connectivity index is 1.81. The molecule has 8 heteroatoms. The lowest BCUT2D eigenvalue weighted by Gasteiger charge is -2.26. The Morgan fingerprint density at radius 2 is 2.32 bits per heavy atom. The molecule has 6 nitrogen and oxygen atoms in total. The van der Waals surface area contributed by atoms with Gasteiger partial charge >= 0.3 is 5.97 Å². The molecule has 1 aromatic carbocycles. The summed E-state index contributed by atoms with van der Waals surface area (Å²) >= 11 is 5.04. The molecule has 0 aliphatic carbocycles. The second-order valence-electron chi connectivity index (χ2n) is 4.79. The number of benzene rings is 1. The maximum absolute atomic E-state index is 11.6. The number of rotatable bonds is 4. The van der Waals surface area contributed by atoms with Crippen molar-refractivity contribution in [2.75, 3.05) is 19.0 Å². The van der Waals surface area contributed by atoms with Crippen LogP contribution in [0.25, 0.3) is 11.4 Å². The van der Waals surface area contributed by atoms with Gasteiger partial charge in [0, 0.05) is 10.0 Å². The van der Waals surface area contributed by atoms with E-state index in [4.69, 9.17) is 4.74 Å². The van der Waals surface area contributed by atoms with Gasteiger partial charge in [-0.2, -0.15) is 0 Å². The molecule has 0 radical (unpaired) electrons. The minimum atomic E-state index is -0.205. The largest absolute Gasteiger partial charge is 0.465 e. The third-order valence-electron chi connectivity index (χ3n) is 3.18. The fraction of sp³-hybridized carbons (Fsp3) is 0.357. The predicted molar refractivity (Wildman–Crippen MR) is 87.2 cm³/mol. The summed E-state index contributed by atoms with van der Waals surface area (Å²) in [6, 6.07) is 7.94. The van der Waals surface area contributed by atoms with E-state index in [9.17, 15) is 4.79 Å². The van der Waals surface area contributed by atoms with Gasteiger partial charge in [-0.25, -0.2) is 0 Å². The van der Waals surface area contributed by atoms with Gasteiger partial charge in [0.1, 0.15) is 0 Å². The van der Waals surface area contributed by atoms with Gasteiger partial charge in [-0.1, -0.05) is 39.8 Å². The molecule has 1 aliphatic rings. The number of hydrogen-bond acceptors (Lipinski definition) is 6. The molecule has 0 spiro atoms. The Morgan fingerprint density at radius 1 is 1.45 bits per heavy atom. The highest BCUT2D eigenvalue weighted by Gasteiger charge is 2.24. The van der Waals surface area contributed by atoms with Crippen LogP contribution in [0.3, 0.4) is 0 Å². The molecule has 0 saturated carbocycles. The van der Waals surface area contributed by atoms with Crippen molar-refractivity contribution in [1.29, 1.82) is 0 Å². The molecule has 3 rings (SSSR count). The van der Waals surface area contributed by atoms with E-state index >= 15 is 0 Å². The van der Waals surface area contributed by atoms with Crippen LogP contribution in [0.1, 0.15) is 6.92 Å². The number of nitrogens with zero attached hydrogens (tertiary/aromatic N) is 4. The van der Waals surface area contributed by atoms with Crippen molar-refractivity contribution in [2.45, 2.75) is 18.7 Å². The molecule has 0 saturated heterocycles. The Bertz CT molecular complexity index is 691. The van der Waals surface area contributed by atoms with Gasteiger partial charge in [0.05, 0.1) is 25.7 Å². The number of halogens is 1. The third-order valence-corrected chi connectivity index (χ3v) is 4.72. The number of esters is 1. The summed E-state index contributed by atoms with van der Waals surface area (Å²) in [4.78, 5) is 13.7. The van der Waals surface area contributed by atoms with Crippen LogP contribution < -0.4 is 0 Å². The lowest BCUT2D eigenvalue weighted by Crippen LogP contribution is -2.35. The fourth-order valence-corrected chi connectivity index (χ4v) is 3.51. The topological polar surface area (TPSA) is 60.2 Å². The van der Waals surface area contributed by atoms with Crippen molar-refractivity contribution in [3.05, 3.63) is 28.7 Å². The van der Waals surface area contributed by atoms with E-state index in [1.54, 1.807) is 11.8 Å². The molecule has 1 aromatic heterocycles. The smallest absolute Gasteiger partial charge is 0.320 e. The predicted octanol–water partition coefficient (Wildman–Crippen LogP) is 2.59. The normalized spacial score (nSPS) is 14.6. The van der Waals surface area contributed by atoms with Gasteiger partial charge in [0.25, 0.3) is 0 Å². The van der Waals surface area contributed by atoms with Crippen LogP contribution in [0.5, 0.6) is 0 Å². The first-order valence-electron chi connectivity index (χ1n) is 6.87. The van der Waals surface area contributed by atoms with Crippen molar-refractivity contribution in [3.63, 3.8) is 0 Å². The van der Waals surface area contributed by atoms with Crippen molar-refractivity contribution in [2.24, 2.45) is 0 Å². The van der Waals surface area contributed by atoms with E-state index in [0.717, 1.165) is 21.0 Å². The van der Waals surface area contributed by atoms with Gasteiger partial charge in [-0.15, -0.1) is 10.2 Å². The molecule has 0 amide bonds. The molecule has 2 aromatic rings. The molecule has 0 atom stereocenters. The molecule has 22 heavy (non-hydrogen) atoms. The second kappa shape index (κ2) is 6.80. The highest BCUT2D eigenvalue weighted by molar-refractivity contribution is 9.10. The summed E-state index contributed by atoms with van der Waals surface area (Å²) in [5, 5.41) is 9.39. The number of hydrogen-bond donors (Lipinski definition) is 0. The molecule has 2 heterocycles. The average molecular weight is 383 g/mol. The average Bonchev–Trinajstić information content (AvgIpc) is 2.90. The Labute approximate surface area is 141 Å². The van der Waals surface area contributed by atoms with Gasteiger partial charge < -0.3 is 4.74 Å². The second-order valence-corrected chi connectivity index (χ2v) is 6.62. The molecular weight excluding hydrogens is 368 g/mol. The fourth-order valence-electron chi connectivity index (χ4n) is 2.24. The molecule has 0 N–H and O–H groups in total. The van der Waals surface area contributed by atoms with Crippen LogP contribution in [-0.2, 0) is 16.2 Å². The summed E-state index contributed by atoms with van der Waals surface area (Å²) in [7, 11) is 0. The Morgan fingerprint density at radius 3 is 3.09 bits per heavy atom. The van der Waals surface area contributed by atoms with E-state index in [1.165, 1.54) is 0 Å². The SMILES string of the molecule is CCOC(=O)CN1CSc2nnc(-c3cccc(Br)c3)n2C1. The summed E-state index contributed by atoms with van der Waals surface area (Å²) in [6.45, 7) is 3.07. The van der Waals surface area contributed by atoms with Crippen LogP contribution in [0.4, 0.5) is 0 Å². The maximum Gasteiger partial charge on any atom is 0.320 e. The first-order chi connectivity index (χ1) is 10.7. The van der Waals surface area contributed by atoms with Crippen LogP contribution in [0.15, 0.2) is 33.9 Å². The molecule has 0 fully saturated rings. The number of aromatic nitrogens is 3. The number of fused-ring (bicyclic) bond motifs is 1. The molecule has 1 aliphatic heterocycles. The standard InChI is InChI=1S/C14H15BrN4O2S/c1-2-21-12(20)7-18-8-19-13(16-17-14(19)22-9-18)10-4-3-5-11(15)6-10/h3-6H,2,7-9H2,1H3. The van der Waals surface area contributed by atoms with Crippen LogP contribution in [0.2, 0.25) is 0 Å². The zero-order chi connectivity index (χ0) is 15.5. The van der Waals surface area contributed by atoms with Gasteiger partial charge in [-0.05, 0) is 19.1 Å². The van der Waals surface area contributed by atoms with Crippen LogP contribution >= 0.6 is 27.7 Å². The number of thioether (sulfide) groups is 1. The molecule has 0 unspecified atom stereocenters. The molecular formula is C14H15BrN4O2S. The summed E-state index contributed by atoms with van der Waals surface area (Å²) < 4.78 is 8.03. The van der Waals surface area contributed by atoms with Crippen LogP contribution in [-0.4, -0.2) is 44.7 Å². The summed E-state index contributed by atoms with van der Waals surface area (Å²) in [5.41, 5.74) is 0.992. The van der Waals surface area contributed by atoms with Crippen molar-refractivity contribution in [3.8, 4) is 11.4 Å². The van der Waals surface area contributed by atoms with Gasteiger partial charge in [-0.3, -0.25) is 14.3 Å². The van der Waals surface area contributed by atoms with Crippen molar-refractivity contribution >= 4 is 33.7 Å². The lowest BCUT2D eigenvalue weighted by molar-refractivity contribution is -0.144. The molecule has 0 bridgehead atoms. The first-order valence-corrected chi connectivity index (χ1v) is 8.65. The van der Waals surface area contributed by atoms with E-state index in [2.05, 4.69) is 26.1 Å². The quantitative estimate of drug-likeness (QED) is 0.757. The minimum Gasteiger partial charge on any atom is -0.465 e. The highest BCUT2D eigenvalue weighted by Crippen LogP contribution is 2.29. The van der Waals surface area contributed by atoms with Gasteiger partial charge in [0.2, 0.25) is 0 Å². The van der Waals surface area contributed by atoms with Crippen molar-refractivity contribution < 1.29 is 9.53 Å². The Hall–Kier alpha value is -1.38. The minimum absolute atomic E-state index is 0.205. The van der Waals surface area contributed by atoms with Crippen molar-refractivity contribution in [1.82, 2.24) is 19.7 Å². The maximum atomic E-state index is 11.6. The number of carbonyl (C=O) groups is 1. The van der Waals surface area contributed by atoms with E-state index < -0.39 is 0 Å². The first kappa shape index (κ1) is 15.5. The highest BCUT2D eigenvalue weighted by atomic mass is 79.9. The summed E-state index contributed by atoms with van der Waals surface area (Å²) in [5.74, 6) is 1.30. The number of carbonyl (C=O) groups excluding carboxylic acids is 1. The van der Waals surface area contributed by atoms with E-state index in [-0.39, 0.29) is 12.5 Å². The Kier molecular flexibility index (Phi) is 4.80. The lowest BCUT2D eigenvalue weighted by atomic mass is 10.2. The van der Waals surface area contributed by atoms with E-state index in [1.807, 2.05) is 40.7 Å². The summed E-state index contributed by atoms with van der Waals surface area (Å²) in [6.07, 6.45) is 0. The monoisotopic (exact) mass is 382 g/mol. The third kappa shape index (κ3) is 3.34. The van der Waals surface area contributed by atoms with E-state index in [0.29, 0.717) is 19.2 Å². The zero-order valence-electron chi connectivity index (χ0n) is 12.0. The van der Waals surface area contributed by atoms with Gasteiger partial charge in [0.15, 0.2) is 11.0 Å². The van der Waals surface area contributed by atoms with Crippen LogP contribution in [0, 0.1) is 0 Å².